The lowest BCUT2D eigenvalue weighted by Crippen LogP contribution is -3.00. The number of rotatable bonds is 7. The summed E-state index contributed by atoms with van der Waals surface area (Å²) in [7, 11) is 0. The minimum atomic E-state index is -0.410. The Kier molecular flexibility index (Phi) is 8.21. The topological polar surface area (TPSA) is 46.6 Å². The van der Waals surface area contributed by atoms with E-state index in [1.165, 1.54) is 12.1 Å². The lowest BCUT2D eigenvalue weighted by Gasteiger charge is -2.51. The first-order chi connectivity index (χ1) is 17.0. The van der Waals surface area contributed by atoms with Crippen molar-refractivity contribution in [2.75, 3.05) is 31.1 Å². The lowest BCUT2D eigenvalue weighted by molar-refractivity contribution is -0.938. The van der Waals surface area contributed by atoms with Crippen LogP contribution in [0.1, 0.15) is 28.8 Å². The van der Waals surface area contributed by atoms with E-state index < -0.39 is 6.09 Å². The normalized spacial score (nSPS) is 22.4. The molecule has 0 unspecified atom stereocenters. The van der Waals surface area contributed by atoms with Crippen molar-refractivity contribution in [3.63, 3.8) is 0 Å². The number of fused-ring (bicyclic) bond motifs is 3. The van der Waals surface area contributed by atoms with Crippen LogP contribution in [0.3, 0.4) is 0 Å². The molecule has 5 nitrogen and oxygen atoms in total. The van der Waals surface area contributed by atoms with E-state index in [0.29, 0.717) is 23.5 Å². The average Bonchev–Trinajstić information content (AvgIpc) is 2.89. The number of hydrogen-bond donors (Lipinski definition) is 0. The van der Waals surface area contributed by atoms with Crippen molar-refractivity contribution < 1.29 is 40.2 Å². The Morgan fingerprint density at radius 2 is 1.50 bits per heavy atom. The van der Waals surface area contributed by atoms with Gasteiger partial charge in [0.1, 0.15) is 18.9 Å². The van der Waals surface area contributed by atoms with Crippen LogP contribution < -0.4 is 21.9 Å². The van der Waals surface area contributed by atoms with E-state index in [0.717, 1.165) is 42.7 Å². The van der Waals surface area contributed by atoms with E-state index in [1.54, 1.807) is 17.0 Å². The van der Waals surface area contributed by atoms with Gasteiger partial charge in [0.2, 0.25) is 5.78 Å². The Labute approximate surface area is 221 Å². The molecule has 6 rings (SSSR count). The van der Waals surface area contributed by atoms with Gasteiger partial charge in [0.15, 0.2) is 6.10 Å². The minimum Gasteiger partial charge on any atom is -1.00 e. The number of anilines is 1. The molecule has 1 amide bonds. The summed E-state index contributed by atoms with van der Waals surface area (Å²) in [6.07, 6.45) is 1.26. The molecule has 1 atom stereocenters. The van der Waals surface area contributed by atoms with E-state index in [-0.39, 0.29) is 41.2 Å². The van der Waals surface area contributed by atoms with Gasteiger partial charge in [0.25, 0.3) is 0 Å². The molecule has 0 N–H and O–H groups in total. The maximum Gasteiger partial charge on any atom is 0.415 e. The first kappa shape index (κ1) is 26.0. The molecule has 3 aliphatic rings. The van der Waals surface area contributed by atoms with Gasteiger partial charge in [0, 0.05) is 30.0 Å². The third-order valence-electron chi connectivity index (χ3n) is 7.41. The molecule has 0 saturated carbocycles. The molecule has 3 aromatic rings. The fourth-order valence-corrected chi connectivity index (χ4v) is 5.43. The van der Waals surface area contributed by atoms with Crippen LogP contribution >= 0.6 is 0 Å². The largest absolute Gasteiger partial charge is 1.00 e. The van der Waals surface area contributed by atoms with Crippen LogP contribution in [0.25, 0.3) is 0 Å². The highest BCUT2D eigenvalue weighted by atomic mass is 79.9. The molecule has 0 radical (unpaired) electrons. The van der Waals surface area contributed by atoms with Gasteiger partial charge in [-0.1, -0.05) is 60.7 Å². The quantitative estimate of drug-likeness (QED) is 0.334. The van der Waals surface area contributed by atoms with Crippen molar-refractivity contribution in [2.45, 2.75) is 25.5 Å². The summed E-state index contributed by atoms with van der Waals surface area (Å²) >= 11 is 0. The van der Waals surface area contributed by atoms with Crippen LogP contribution in [0, 0.1) is 11.7 Å². The summed E-state index contributed by atoms with van der Waals surface area (Å²) in [5, 5.41) is 0. The highest BCUT2D eigenvalue weighted by Crippen LogP contribution is 2.36. The highest BCUT2D eigenvalue weighted by molar-refractivity contribution is 5.97. The summed E-state index contributed by atoms with van der Waals surface area (Å²) in [5.74, 6) is 0.140. The van der Waals surface area contributed by atoms with Crippen LogP contribution in [0.5, 0.6) is 0 Å². The van der Waals surface area contributed by atoms with Gasteiger partial charge in [0.05, 0.1) is 19.6 Å². The monoisotopic (exact) mass is 552 g/mol. The zero-order chi connectivity index (χ0) is 24.3. The van der Waals surface area contributed by atoms with Crippen LogP contribution in [-0.2, 0) is 11.3 Å². The van der Waals surface area contributed by atoms with E-state index in [4.69, 9.17) is 4.74 Å². The standard InChI is InChI=1S/C29H30FN2O3.BrH/c30-25-13-11-22(12-14-25)19-31(26-9-5-2-6-10-26)29(34)35-28-21-32(17-15-24(28)16-18-32)20-27(33)23-7-3-1-4-8-23;/h1-14,24,28H,15-21H2;1H/q+1;/p-1/t24?,28-,32?;/m0./s1. The van der Waals surface area contributed by atoms with Crippen LogP contribution in [0.15, 0.2) is 84.9 Å². The van der Waals surface area contributed by atoms with Crippen molar-refractivity contribution in [3.05, 3.63) is 102 Å². The minimum absolute atomic E-state index is 0. The Bertz CT molecular complexity index is 1170. The fourth-order valence-electron chi connectivity index (χ4n) is 5.43. The van der Waals surface area contributed by atoms with Gasteiger partial charge in [-0.05, 0) is 29.8 Å². The number of piperidine rings is 3. The summed E-state index contributed by atoms with van der Waals surface area (Å²) < 4.78 is 20.2. The van der Waals surface area contributed by atoms with Crippen molar-refractivity contribution in [1.29, 1.82) is 0 Å². The Morgan fingerprint density at radius 3 is 2.14 bits per heavy atom. The fraction of sp³-hybridized carbons (Fsp3) is 0.310. The molecule has 7 heteroatoms. The first-order valence-electron chi connectivity index (χ1n) is 12.2. The number of nitrogens with zero attached hydrogens (tertiary/aromatic N) is 2. The van der Waals surface area contributed by atoms with E-state index >= 15 is 0 Å². The number of halogens is 2. The van der Waals surface area contributed by atoms with Gasteiger partial charge < -0.3 is 26.2 Å². The highest BCUT2D eigenvalue weighted by Gasteiger charge is 2.48. The Balaban J connectivity index is 0.00000304. The smallest absolute Gasteiger partial charge is 0.415 e. The number of benzene rings is 3. The molecule has 2 bridgehead atoms. The summed E-state index contributed by atoms with van der Waals surface area (Å²) in [5.41, 5.74) is 2.28. The van der Waals surface area contributed by atoms with Crippen LogP contribution in [0.4, 0.5) is 14.9 Å². The summed E-state index contributed by atoms with van der Waals surface area (Å²) in [6.45, 7) is 3.26. The molecule has 0 aliphatic carbocycles. The number of hydrogen-bond acceptors (Lipinski definition) is 3. The Hall–Kier alpha value is -3.03. The SMILES string of the molecule is O=C(C[N+]12CCC(CC1)[C@@H](OC(=O)N(Cc1ccc(F)cc1)c1ccccc1)C2)c1ccccc1.[Br-]. The molecule has 0 aromatic heterocycles. The van der Waals surface area contributed by atoms with E-state index in [1.807, 2.05) is 60.7 Å². The van der Waals surface area contributed by atoms with Gasteiger partial charge in [-0.25, -0.2) is 9.18 Å². The van der Waals surface area contributed by atoms with Crippen LogP contribution in [-0.4, -0.2) is 48.6 Å². The third kappa shape index (κ3) is 5.85. The number of quaternary nitrogens is 1. The molecule has 0 spiro atoms. The molecular weight excluding hydrogens is 523 g/mol. The number of amides is 1. The molecule has 188 valence electrons. The predicted octanol–water partition coefficient (Wildman–Crippen LogP) is 2.46. The van der Waals surface area contributed by atoms with Gasteiger partial charge >= 0.3 is 6.09 Å². The zero-order valence-electron chi connectivity index (χ0n) is 20.1. The van der Waals surface area contributed by atoms with Crippen LogP contribution in [0.2, 0.25) is 0 Å². The number of Topliss-reactive ketones (excluding diaryl/α,β-unsaturated/α-hetero) is 1. The lowest BCUT2D eigenvalue weighted by atomic mass is 9.83. The van der Waals surface area contributed by atoms with Crippen molar-refractivity contribution >= 4 is 17.6 Å². The summed E-state index contributed by atoms with van der Waals surface area (Å²) in [6, 6.07) is 25.0. The predicted molar refractivity (Wildman–Crippen MR) is 133 cm³/mol. The molecule has 3 aromatic carbocycles. The van der Waals surface area contributed by atoms with Gasteiger partial charge in [-0.15, -0.1) is 0 Å². The molecule has 3 saturated heterocycles. The number of para-hydroxylation sites is 1. The number of ketones is 1. The molecule has 36 heavy (non-hydrogen) atoms. The molecule has 3 aliphatic heterocycles. The maximum atomic E-state index is 13.5. The molecule has 3 fully saturated rings. The maximum absolute atomic E-state index is 13.5. The second-order valence-corrected chi connectivity index (χ2v) is 9.73. The summed E-state index contributed by atoms with van der Waals surface area (Å²) in [4.78, 5) is 28.1. The first-order valence-corrected chi connectivity index (χ1v) is 12.2. The van der Waals surface area contributed by atoms with E-state index in [2.05, 4.69) is 0 Å². The van der Waals surface area contributed by atoms with Gasteiger partial charge in [-0.3, -0.25) is 9.69 Å². The second-order valence-electron chi connectivity index (χ2n) is 9.73. The molecular formula is C29H30BrFN2O3. The third-order valence-corrected chi connectivity index (χ3v) is 7.41. The van der Waals surface area contributed by atoms with Crippen molar-refractivity contribution in [3.8, 4) is 0 Å². The Morgan fingerprint density at radius 1 is 0.889 bits per heavy atom. The van der Waals surface area contributed by atoms with Gasteiger partial charge in [-0.2, -0.15) is 0 Å². The number of ether oxygens (including phenoxy) is 1. The average molecular weight is 553 g/mol. The number of carbonyl (C=O) groups is 2. The number of carbonyl (C=O) groups excluding carboxylic acids is 2. The zero-order valence-corrected chi connectivity index (χ0v) is 21.6. The van der Waals surface area contributed by atoms with Crippen molar-refractivity contribution in [1.82, 2.24) is 0 Å². The van der Waals surface area contributed by atoms with Crippen molar-refractivity contribution in [2.24, 2.45) is 5.92 Å². The van der Waals surface area contributed by atoms with E-state index in [9.17, 15) is 14.0 Å². The molecule has 3 heterocycles. The second kappa shape index (κ2) is 11.4.